The zero-order valence-corrected chi connectivity index (χ0v) is 21.3. The standard InChI is InChI=1S/C25H33N3O9/c1-6-16-13-25(16,22(31)35-7-2)26-20(29)19-12-18(14-27(19)23(32)37-24(3,4)5)36-21(30)15-8-10-17(11-9-15)28(33)34/h6,8-11,16,18-19,22,31H,1,7,12-14H2,2-5H3,(H,26,29)/t16-,18+,19+,22-,25-/m1/s1. The van der Waals surface area contributed by atoms with Gasteiger partial charge in [-0.2, -0.15) is 0 Å². The fourth-order valence-corrected chi connectivity index (χ4v) is 4.30. The Bertz CT molecular complexity index is 1050. The van der Waals surface area contributed by atoms with Crippen molar-refractivity contribution >= 4 is 23.7 Å². The number of esters is 1. The van der Waals surface area contributed by atoms with Gasteiger partial charge < -0.3 is 24.6 Å². The first-order chi connectivity index (χ1) is 17.3. The molecule has 0 spiro atoms. The van der Waals surface area contributed by atoms with Crippen molar-refractivity contribution in [1.29, 1.82) is 0 Å². The maximum absolute atomic E-state index is 13.4. The van der Waals surface area contributed by atoms with Crippen molar-refractivity contribution in [3.05, 3.63) is 52.6 Å². The van der Waals surface area contributed by atoms with Crippen LogP contribution in [0.15, 0.2) is 36.9 Å². The van der Waals surface area contributed by atoms with Crippen molar-refractivity contribution in [2.24, 2.45) is 5.92 Å². The van der Waals surface area contributed by atoms with Crippen molar-refractivity contribution in [2.75, 3.05) is 13.2 Å². The number of nitro benzene ring substituents is 1. The highest BCUT2D eigenvalue weighted by Crippen LogP contribution is 2.47. The number of likely N-dealkylation sites (tertiary alicyclic amines) is 1. The van der Waals surface area contributed by atoms with Crippen LogP contribution in [0.5, 0.6) is 0 Å². The Hall–Kier alpha value is -3.51. The van der Waals surface area contributed by atoms with Crippen LogP contribution in [-0.2, 0) is 19.0 Å². The topological polar surface area (TPSA) is 158 Å². The highest BCUT2D eigenvalue weighted by atomic mass is 16.6. The van der Waals surface area contributed by atoms with Gasteiger partial charge in [0.2, 0.25) is 5.91 Å². The average molecular weight is 520 g/mol. The predicted molar refractivity (Wildman–Crippen MR) is 130 cm³/mol. The molecule has 12 nitrogen and oxygen atoms in total. The fraction of sp³-hybridized carbons (Fsp3) is 0.560. The van der Waals surface area contributed by atoms with E-state index in [0.717, 1.165) is 0 Å². The van der Waals surface area contributed by atoms with E-state index in [2.05, 4.69) is 11.9 Å². The van der Waals surface area contributed by atoms with E-state index < -0.39 is 52.5 Å². The molecule has 37 heavy (non-hydrogen) atoms. The maximum Gasteiger partial charge on any atom is 0.411 e. The molecule has 202 valence electrons. The lowest BCUT2D eigenvalue weighted by Crippen LogP contribution is -2.55. The SMILES string of the molecule is C=C[C@@H]1C[C@]1(NC(=O)[C@@H]1C[C@H](OC(=O)c2ccc([N+](=O)[O-])cc2)CN1C(=O)OC(C)(C)C)[C@H](O)OCC. The van der Waals surface area contributed by atoms with Gasteiger partial charge in [-0.05, 0) is 46.2 Å². The van der Waals surface area contributed by atoms with Gasteiger partial charge in [-0.15, -0.1) is 6.58 Å². The molecule has 0 aromatic heterocycles. The number of nitro groups is 1. The molecular weight excluding hydrogens is 486 g/mol. The van der Waals surface area contributed by atoms with Gasteiger partial charge in [0.05, 0.1) is 22.6 Å². The number of amides is 2. The summed E-state index contributed by atoms with van der Waals surface area (Å²) in [6.45, 7) is 10.7. The Kier molecular flexibility index (Phi) is 8.23. The summed E-state index contributed by atoms with van der Waals surface area (Å²) in [5.74, 6) is -1.52. The number of aliphatic hydroxyl groups excluding tert-OH is 1. The largest absolute Gasteiger partial charge is 0.457 e. The van der Waals surface area contributed by atoms with Gasteiger partial charge in [0.15, 0.2) is 6.29 Å². The minimum Gasteiger partial charge on any atom is -0.457 e. The van der Waals surface area contributed by atoms with E-state index in [9.17, 15) is 29.6 Å². The summed E-state index contributed by atoms with van der Waals surface area (Å²) in [6.07, 6.45) is -0.830. The molecule has 2 aliphatic rings. The summed E-state index contributed by atoms with van der Waals surface area (Å²) < 4.78 is 16.3. The van der Waals surface area contributed by atoms with E-state index in [-0.39, 0.29) is 36.7 Å². The lowest BCUT2D eigenvalue weighted by molar-refractivity contribution is -0.384. The van der Waals surface area contributed by atoms with Crippen LogP contribution in [0.1, 0.15) is 50.9 Å². The van der Waals surface area contributed by atoms with Gasteiger partial charge in [0.25, 0.3) is 5.69 Å². The van der Waals surface area contributed by atoms with Gasteiger partial charge in [-0.3, -0.25) is 19.8 Å². The minimum absolute atomic E-state index is 0.0106. The van der Waals surface area contributed by atoms with Crippen molar-refractivity contribution in [3.8, 4) is 0 Å². The second kappa shape index (κ2) is 10.9. The van der Waals surface area contributed by atoms with E-state index in [4.69, 9.17) is 14.2 Å². The summed E-state index contributed by atoms with van der Waals surface area (Å²) in [6, 6.07) is 3.87. The Morgan fingerprint density at radius 2 is 1.97 bits per heavy atom. The van der Waals surface area contributed by atoms with Gasteiger partial charge in [-0.1, -0.05) is 6.08 Å². The van der Waals surface area contributed by atoms with Crippen LogP contribution in [0.4, 0.5) is 10.5 Å². The molecule has 1 aromatic carbocycles. The number of aliphatic hydroxyl groups is 1. The van der Waals surface area contributed by atoms with Crippen LogP contribution < -0.4 is 5.32 Å². The number of carbonyl (C=O) groups is 3. The van der Waals surface area contributed by atoms with E-state index >= 15 is 0 Å². The van der Waals surface area contributed by atoms with Crippen LogP contribution in [0.3, 0.4) is 0 Å². The maximum atomic E-state index is 13.4. The molecule has 1 aromatic rings. The Morgan fingerprint density at radius 1 is 1.32 bits per heavy atom. The first-order valence-electron chi connectivity index (χ1n) is 12.0. The molecular formula is C25H33N3O9. The number of rotatable bonds is 9. The zero-order chi connectivity index (χ0) is 27.5. The van der Waals surface area contributed by atoms with Crippen molar-refractivity contribution in [3.63, 3.8) is 0 Å². The van der Waals surface area contributed by atoms with Gasteiger partial charge >= 0.3 is 12.1 Å². The molecule has 3 rings (SSSR count). The number of nitrogens with zero attached hydrogens (tertiary/aromatic N) is 2. The second-order valence-corrected chi connectivity index (χ2v) is 10.1. The predicted octanol–water partition coefficient (Wildman–Crippen LogP) is 2.55. The molecule has 1 aliphatic heterocycles. The third-order valence-electron chi connectivity index (χ3n) is 6.25. The summed E-state index contributed by atoms with van der Waals surface area (Å²) in [7, 11) is 0. The summed E-state index contributed by atoms with van der Waals surface area (Å²) in [4.78, 5) is 50.5. The third kappa shape index (κ3) is 6.44. The zero-order valence-electron chi connectivity index (χ0n) is 21.3. The first-order valence-corrected chi connectivity index (χ1v) is 12.0. The number of nitrogens with one attached hydrogen (secondary N) is 1. The number of ether oxygens (including phenoxy) is 3. The number of carbonyl (C=O) groups excluding carboxylic acids is 3. The molecule has 2 fully saturated rings. The Labute approximate surface area is 214 Å². The molecule has 1 saturated heterocycles. The van der Waals surface area contributed by atoms with Crippen molar-refractivity contribution in [1.82, 2.24) is 10.2 Å². The number of hydrogen-bond acceptors (Lipinski definition) is 9. The summed E-state index contributed by atoms with van der Waals surface area (Å²) in [5, 5.41) is 24.2. The number of non-ortho nitro benzene ring substituents is 1. The van der Waals surface area contributed by atoms with Crippen LogP contribution >= 0.6 is 0 Å². The molecule has 1 aliphatic carbocycles. The molecule has 1 heterocycles. The Balaban J connectivity index is 1.77. The third-order valence-corrected chi connectivity index (χ3v) is 6.25. The first kappa shape index (κ1) is 28.1. The highest BCUT2D eigenvalue weighted by molar-refractivity contribution is 5.90. The average Bonchev–Trinajstić information content (AvgIpc) is 3.37. The second-order valence-electron chi connectivity index (χ2n) is 10.1. The van der Waals surface area contributed by atoms with E-state index in [1.165, 1.54) is 29.2 Å². The van der Waals surface area contributed by atoms with E-state index in [0.29, 0.717) is 6.42 Å². The van der Waals surface area contributed by atoms with Crippen molar-refractivity contribution in [2.45, 2.75) is 70.1 Å². The normalized spacial score (nSPS) is 25.6. The van der Waals surface area contributed by atoms with Crippen LogP contribution in [0, 0.1) is 16.0 Å². The van der Waals surface area contributed by atoms with Gasteiger partial charge in [0, 0.05) is 31.1 Å². The van der Waals surface area contributed by atoms with Gasteiger partial charge in [-0.25, -0.2) is 9.59 Å². The smallest absolute Gasteiger partial charge is 0.411 e. The molecule has 12 heteroatoms. The lowest BCUT2D eigenvalue weighted by Gasteiger charge is -2.30. The molecule has 2 amide bonds. The molecule has 0 bridgehead atoms. The monoisotopic (exact) mass is 519 g/mol. The van der Waals surface area contributed by atoms with Crippen molar-refractivity contribution < 1.29 is 38.6 Å². The highest BCUT2D eigenvalue weighted by Gasteiger charge is 2.60. The lowest BCUT2D eigenvalue weighted by atomic mass is 10.1. The van der Waals surface area contributed by atoms with Gasteiger partial charge in [0.1, 0.15) is 17.7 Å². The molecule has 5 atom stereocenters. The van der Waals surface area contributed by atoms with Crippen LogP contribution in [-0.4, -0.2) is 75.6 Å². The summed E-state index contributed by atoms with van der Waals surface area (Å²) in [5.41, 5.74) is -1.98. The van der Waals surface area contributed by atoms with E-state index in [1.807, 2.05) is 0 Å². The van der Waals surface area contributed by atoms with Crippen LogP contribution in [0.2, 0.25) is 0 Å². The molecule has 1 saturated carbocycles. The fourth-order valence-electron chi connectivity index (χ4n) is 4.30. The molecule has 2 N–H and O–H groups in total. The number of hydrogen-bond donors (Lipinski definition) is 2. The quantitative estimate of drug-likeness (QED) is 0.164. The van der Waals surface area contributed by atoms with Crippen LogP contribution in [0.25, 0.3) is 0 Å². The molecule has 0 radical (unpaired) electrons. The Morgan fingerprint density at radius 3 is 2.49 bits per heavy atom. The minimum atomic E-state index is -1.27. The number of benzene rings is 1. The van der Waals surface area contributed by atoms with E-state index in [1.54, 1.807) is 33.8 Å². The molecule has 0 unspecified atom stereocenters. The summed E-state index contributed by atoms with van der Waals surface area (Å²) >= 11 is 0.